The van der Waals surface area contributed by atoms with E-state index in [1.54, 1.807) is 6.92 Å². The summed E-state index contributed by atoms with van der Waals surface area (Å²) in [7, 11) is 1.51. The van der Waals surface area contributed by atoms with Crippen molar-refractivity contribution in [3.8, 4) is 0 Å². The third-order valence-corrected chi connectivity index (χ3v) is 3.37. The van der Waals surface area contributed by atoms with Crippen LogP contribution >= 0.6 is 0 Å². The molecule has 0 spiro atoms. The summed E-state index contributed by atoms with van der Waals surface area (Å²) >= 11 is 0. The summed E-state index contributed by atoms with van der Waals surface area (Å²) in [5.41, 5.74) is 1.06. The summed E-state index contributed by atoms with van der Waals surface area (Å²) in [6.45, 7) is 4.09. The van der Waals surface area contributed by atoms with Gasteiger partial charge in [-0.1, -0.05) is 24.3 Å². The second-order valence-corrected chi connectivity index (χ2v) is 5.01. The van der Waals surface area contributed by atoms with Gasteiger partial charge in [0.1, 0.15) is 5.54 Å². The second-order valence-electron chi connectivity index (χ2n) is 5.01. The Bertz CT molecular complexity index is 515. The molecule has 1 N–H and O–H groups in total. The van der Waals surface area contributed by atoms with E-state index in [2.05, 4.69) is 5.32 Å². The maximum absolute atomic E-state index is 12.3. The molecule has 1 aliphatic heterocycles. The van der Waals surface area contributed by atoms with Crippen molar-refractivity contribution in [2.24, 2.45) is 0 Å². The molecule has 3 amide bonds. The quantitative estimate of drug-likeness (QED) is 0.836. The average Bonchev–Trinajstić information content (AvgIpc) is 2.56. The molecule has 1 atom stereocenters. The van der Waals surface area contributed by atoms with Gasteiger partial charge in [0.05, 0.1) is 13.2 Å². The van der Waals surface area contributed by atoms with Crippen LogP contribution < -0.4 is 5.32 Å². The highest BCUT2D eigenvalue weighted by atomic mass is 16.5. The van der Waals surface area contributed by atoms with E-state index in [4.69, 9.17) is 4.74 Å². The van der Waals surface area contributed by atoms with Crippen LogP contribution in [0.15, 0.2) is 24.3 Å². The lowest BCUT2D eigenvalue weighted by Crippen LogP contribution is -2.47. The van der Waals surface area contributed by atoms with Crippen LogP contribution in [0.3, 0.4) is 0 Å². The van der Waals surface area contributed by atoms with Gasteiger partial charge in [-0.15, -0.1) is 0 Å². The number of urea groups is 1. The van der Waals surface area contributed by atoms with Crippen LogP contribution in [0.5, 0.6) is 0 Å². The van der Waals surface area contributed by atoms with E-state index in [0.29, 0.717) is 0 Å². The summed E-state index contributed by atoms with van der Waals surface area (Å²) in [5.74, 6) is -0.248. The molecule has 1 aromatic carbocycles. The number of carbonyl (C=O) groups is 2. The first-order chi connectivity index (χ1) is 8.98. The van der Waals surface area contributed by atoms with Crippen molar-refractivity contribution in [3.05, 3.63) is 35.4 Å². The Kier molecular flexibility index (Phi) is 3.57. The first kappa shape index (κ1) is 13.5. The molecule has 0 unspecified atom stereocenters. The van der Waals surface area contributed by atoms with Crippen LogP contribution in [0.2, 0.25) is 0 Å². The van der Waals surface area contributed by atoms with Crippen LogP contribution in [-0.2, 0) is 16.1 Å². The lowest BCUT2D eigenvalue weighted by atomic mass is 10.0. The number of amides is 3. The van der Waals surface area contributed by atoms with E-state index in [9.17, 15) is 9.59 Å². The molecule has 19 heavy (non-hydrogen) atoms. The molecule has 0 radical (unpaired) electrons. The van der Waals surface area contributed by atoms with E-state index in [1.807, 2.05) is 31.2 Å². The van der Waals surface area contributed by atoms with Crippen LogP contribution in [0.4, 0.5) is 4.79 Å². The summed E-state index contributed by atoms with van der Waals surface area (Å²) in [5, 5.41) is 2.68. The highest BCUT2D eigenvalue weighted by Crippen LogP contribution is 2.21. The topological polar surface area (TPSA) is 58.6 Å². The molecular weight excluding hydrogens is 244 g/mol. The van der Waals surface area contributed by atoms with Gasteiger partial charge in [0, 0.05) is 7.11 Å². The van der Waals surface area contributed by atoms with Crippen molar-refractivity contribution < 1.29 is 14.3 Å². The predicted octanol–water partition coefficient (Wildman–Crippen LogP) is 1.45. The van der Waals surface area contributed by atoms with Crippen LogP contribution in [0.25, 0.3) is 0 Å². The van der Waals surface area contributed by atoms with E-state index in [-0.39, 0.29) is 25.1 Å². The Morgan fingerprint density at radius 1 is 1.32 bits per heavy atom. The fourth-order valence-electron chi connectivity index (χ4n) is 2.23. The number of aryl methyl sites for hydroxylation is 1. The van der Waals surface area contributed by atoms with Gasteiger partial charge < -0.3 is 10.1 Å². The van der Waals surface area contributed by atoms with Gasteiger partial charge in [0.15, 0.2) is 0 Å². The fourth-order valence-corrected chi connectivity index (χ4v) is 2.23. The second kappa shape index (κ2) is 5.01. The minimum absolute atomic E-state index is 0.168. The number of benzene rings is 1. The first-order valence-corrected chi connectivity index (χ1v) is 6.15. The van der Waals surface area contributed by atoms with Crippen LogP contribution in [0.1, 0.15) is 18.1 Å². The number of nitrogens with zero attached hydrogens (tertiary/aromatic N) is 1. The molecule has 102 valence electrons. The van der Waals surface area contributed by atoms with Crippen molar-refractivity contribution in [1.82, 2.24) is 10.2 Å². The molecule has 1 aromatic rings. The smallest absolute Gasteiger partial charge is 0.325 e. The van der Waals surface area contributed by atoms with Gasteiger partial charge in [0.2, 0.25) is 0 Å². The summed E-state index contributed by atoms with van der Waals surface area (Å²) < 4.78 is 5.01. The molecule has 0 aromatic heterocycles. The van der Waals surface area contributed by atoms with Gasteiger partial charge in [0.25, 0.3) is 5.91 Å². The number of hydrogen-bond donors (Lipinski definition) is 1. The molecule has 2 rings (SSSR count). The Hall–Kier alpha value is -1.88. The van der Waals surface area contributed by atoms with Crippen molar-refractivity contribution in [3.63, 3.8) is 0 Å². The molecule has 0 saturated carbocycles. The normalized spacial score (nSPS) is 22.8. The maximum Gasteiger partial charge on any atom is 0.325 e. The van der Waals surface area contributed by atoms with Gasteiger partial charge in [-0.2, -0.15) is 0 Å². The number of carbonyl (C=O) groups excluding carboxylic acids is 2. The Morgan fingerprint density at radius 3 is 2.63 bits per heavy atom. The third kappa shape index (κ3) is 2.46. The molecule has 0 aliphatic carbocycles. The van der Waals surface area contributed by atoms with E-state index >= 15 is 0 Å². The SMILES string of the molecule is COC[C@]1(C)NC(=O)N(Cc2ccccc2C)C1=O. The highest BCUT2D eigenvalue weighted by Gasteiger charge is 2.47. The minimum Gasteiger partial charge on any atom is -0.382 e. The first-order valence-electron chi connectivity index (χ1n) is 6.15. The van der Waals surface area contributed by atoms with Crippen molar-refractivity contribution in [2.45, 2.75) is 25.9 Å². The molecule has 1 heterocycles. The monoisotopic (exact) mass is 262 g/mol. The van der Waals surface area contributed by atoms with Gasteiger partial charge >= 0.3 is 6.03 Å². The average molecular weight is 262 g/mol. The largest absolute Gasteiger partial charge is 0.382 e. The number of imide groups is 1. The Balaban J connectivity index is 2.20. The van der Waals surface area contributed by atoms with E-state index in [0.717, 1.165) is 11.1 Å². The molecule has 5 heteroatoms. The Labute approximate surface area is 112 Å². The highest BCUT2D eigenvalue weighted by molar-refractivity contribution is 6.06. The van der Waals surface area contributed by atoms with Gasteiger partial charge in [-0.25, -0.2) is 4.79 Å². The fraction of sp³-hybridized carbons (Fsp3) is 0.429. The molecule has 5 nitrogen and oxygen atoms in total. The number of hydrogen-bond acceptors (Lipinski definition) is 3. The van der Waals surface area contributed by atoms with Crippen molar-refractivity contribution >= 4 is 11.9 Å². The number of rotatable bonds is 4. The summed E-state index contributed by atoms with van der Waals surface area (Å²) in [6.07, 6.45) is 0. The zero-order chi connectivity index (χ0) is 14.0. The lowest BCUT2D eigenvalue weighted by Gasteiger charge is -2.20. The molecule has 1 aliphatic rings. The maximum atomic E-state index is 12.3. The van der Waals surface area contributed by atoms with Crippen LogP contribution in [-0.4, -0.2) is 36.1 Å². The van der Waals surface area contributed by atoms with E-state index < -0.39 is 5.54 Å². The van der Waals surface area contributed by atoms with Crippen molar-refractivity contribution in [2.75, 3.05) is 13.7 Å². The number of methoxy groups -OCH3 is 1. The molecule has 1 fully saturated rings. The third-order valence-electron chi connectivity index (χ3n) is 3.37. The standard InChI is InChI=1S/C14H18N2O3/c1-10-6-4-5-7-11(10)8-16-12(17)14(2,9-19-3)15-13(16)18/h4-7H,8-9H2,1-3H3,(H,15,18)/t14-/m0/s1. The van der Waals surface area contributed by atoms with E-state index in [1.165, 1.54) is 12.0 Å². The summed E-state index contributed by atoms with van der Waals surface area (Å²) in [4.78, 5) is 25.5. The van der Waals surface area contributed by atoms with Crippen LogP contribution in [0, 0.1) is 6.92 Å². The summed E-state index contributed by atoms with van der Waals surface area (Å²) in [6, 6.07) is 7.34. The molecule has 0 bridgehead atoms. The van der Waals surface area contributed by atoms with Crippen molar-refractivity contribution in [1.29, 1.82) is 0 Å². The zero-order valence-electron chi connectivity index (χ0n) is 11.4. The lowest BCUT2D eigenvalue weighted by molar-refractivity contribution is -0.132. The Morgan fingerprint density at radius 2 is 2.00 bits per heavy atom. The van der Waals surface area contributed by atoms with Gasteiger partial charge in [-0.3, -0.25) is 9.69 Å². The van der Waals surface area contributed by atoms with Gasteiger partial charge in [-0.05, 0) is 25.0 Å². The predicted molar refractivity (Wildman–Crippen MR) is 70.5 cm³/mol. The number of nitrogens with one attached hydrogen (secondary N) is 1. The molecule has 1 saturated heterocycles. The minimum atomic E-state index is -0.964. The molecular formula is C14H18N2O3. The zero-order valence-corrected chi connectivity index (χ0v) is 11.4. The number of ether oxygens (including phenoxy) is 1.